The number of carboxylic acids is 1. The Bertz CT molecular complexity index is 1900. The maximum atomic E-state index is 13.1. The highest BCUT2D eigenvalue weighted by atomic mass is 16.5. The second-order valence-electron chi connectivity index (χ2n) is 13.5. The molecule has 8 heteroatoms. The molecule has 1 atom stereocenters. The van der Waals surface area contributed by atoms with Gasteiger partial charge in [-0.25, -0.2) is 4.79 Å². The number of carbonyl (C=O) groups excluding carboxylic acids is 1. The molecular weight excluding hydrogens is 564 g/mol. The van der Waals surface area contributed by atoms with E-state index >= 15 is 0 Å². The zero-order valence-electron chi connectivity index (χ0n) is 26.9. The highest BCUT2D eigenvalue weighted by Gasteiger charge is 2.34. The van der Waals surface area contributed by atoms with Crippen LogP contribution in [-0.2, 0) is 0 Å². The van der Waals surface area contributed by atoms with Gasteiger partial charge in [-0.1, -0.05) is 19.9 Å². The first-order valence-electron chi connectivity index (χ1n) is 15.9. The van der Waals surface area contributed by atoms with Crippen molar-refractivity contribution >= 4 is 28.7 Å². The Hall–Kier alpha value is -4.43. The number of carbonyl (C=O) groups is 2. The first-order valence-corrected chi connectivity index (χ1v) is 15.9. The Kier molecular flexibility index (Phi) is 7.60. The number of hydrogen-bond donors (Lipinski definition) is 4. The maximum absolute atomic E-state index is 13.1. The SMILES string of the molecule is CCC1=CC(C)(C)N=c2cc3c(cc21)=C(c1cc(C(=O)NCCN)ccc1C(=O)O)c1cc2c(cc1O3)NC(C)(C)CC2CC. The summed E-state index contributed by atoms with van der Waals surface area (Å²) >= 11 is 0. The molecular formula is C37H42N4O4. The Morgan fingerprint density at radius 3 is 2.51 bits per heavy atom. The molecule has 0 fully saturated rings. The summed E-state index contributed by atoms with van der Waals surface area (Å²) in [5.74, 6) is 0.169. The third kappa shape index (κ3) is 5.52. The molecule has 45 heavy (non-hydrogen) atoms. The summed E-state index contributed by atoms with van der Waals surface area (Å²) in [6.45, 7) is 13.5. The molecule has 3 heterocycles. The fraction of sp³-hybridized carbons (Fsp3) is 0.378. The summed E-state index contributed by atoms with van der Waals surface area (Å²) in [5, 5.41) is 18.6. The van der Waals surface area contributed by atoms with Gasteiger partial charge in [0.2, 0.25) is 0 Å². The number of aromatic carboxylic acids is 1. The minimum atomic E-state index is -1.07. The molecule has 8 nitrogen and oxygen atoms in total. The average molecular weight is 607 g/mol. The van der Waals surface area contributed by atoms with Crippen molar-refractivity contribution in [2.75, 3.05) is 18.4 Å². The molecule has 5 N–H and O–H groups in total. The summed E-state index contributed by atoms with van der Waals surface area (Å²) in [6, 6.07) is 13.0. The van der Waals surface area contributed by atoms with Crippen LogP contribution >= 0.6 is 0 Å². The number of nitrogens with one attached hydrogen (secondary N) is 2. The third-order valence-corrected chi connectivity index (χ3v) is 9.04. The highest BCUT2D eigenvalue weighted by Crippen LogP contribution is 2.47. The minimum Gasteiger partial charge on any atom is -0.478 e. The van der Waals surface area contributed by atoms with Gasteiger partial charge in [-0.05, 0) is 99.9 Å². The predicted octanol–water partition coefficient (Wildman–Crippen LogP) is 5.72. The van der Waals surface area contributed by atoms with Crippen molar-refractivity contribution in [3.8, 4) is 11.5 Å². The van der Waals surface area contributed by atoms with Crippen molar-refractivity contribution in [2.45, 2.75) is 77.8 Å². The lowest BCUT2D eigenvalue weighted by Crippen LogP contribution is -2.37. The van der Waals surface area contributed by atoms with Crippen LogP contribution in [-0.4, -0.2) is 41.2 Å². The number of rotatable bonds is 7. The number of hydrogen-bond acceptors (Lipinski definition) is 6. The number of allylic oxidation sites excluding steroid dienone is 1. The van der Waals surface area contributed by atoms with Crippen molar-refractivity contribution in [1.29, 1.82) is 0 Å². The number of fused-ring (bicyclic) bond motifs is 4. The monoisotopic (exact) mass is 606 g/mol. The van der Waals surface area contributed by atoms with E-state index < -0.39 is 5.97 Å². The molecule has 0 spiro atoms. The number of anilines is 1. The molecule has 3 aliphatic rings. The molecule has 0 radical (unpaired) electrons. The maximum Gasteiger partial charge on any atom is 0.336 e. The fourth-order valence-electron chi connectivity index (χ4n) is 7.09. The van der Waals surface area contributed by atoms with Crippen LogP contribution in [0.2, 0.25) is 0 Å². The molecule has 0 bridgehead atoms. The molecule has 3 aromatic carbocycles. The van der Waals surface area contributed by atoms with E-state index in [0.29, 0.717) is 41.6 Å². The zero-order valence-corrected chi connectivity index (χ0v) is 26.9. The van der Waals surface area contributed by atoms with Crippen LogP contribution in [0.15, 0.2) is 53.5 Å². The summed E-state index contributed by atoms with van der Waals surface area (Å²) < 4.78 is 6.69. The Morgan fingerprint density at radius 2 is 1.82 bits per heavy atom. The summed E-state index contributed by atoms with van der Waals surface area (Å²) in [7, 11) is 0. The van der Waals surface area contributed by atoms with Gasteiger partial charge in [0.25, 0.3) is 5.91 Å². The standard InChI is InChI=1S/C37H42N4O4/c1-7-20-18-36(3,4)40-29-16-31-27(14-24(20)29)33(26-13-22(34(42)39-12-11-38)9-10-23(26)35(43)44)28-15-25-21(8-2)19-37(5,6)41-30(25)17-32(28)45-31/h9-10,13-18,21,41H,7-8,11-12,19,38H2,1-6H3,(H,39,42)(H,43,44). The first kappa shape index (κ1) is 30.6. The van der Waals surface area contributed by atoms with E-state index in [-0.39, 0.29) is 22.5 Å². The van der Waals surface area contributed by atoms with E-state index in [1.807, 2.05) is 12.1 Å². The zero-order chi connectivity index (χ0) is 32.3. The van der Waals surface area contributed by atoms with Crippen molar-refractivity contribution in [2.24, 2.45) is 10.7 Å². The van der Waals surface area contributed by atoms with Gasteiger partial charge < -0.3 is 26.2 Å². The van der Waals surface area contributed by atoms with E-state index in [4.69, 9.17) is 15.5 Å². The smallest absolute Gasteiger partial charge is 0.336 e. The van der Waals surface area contributed by atoms with E-state index in [2.05, 4.69) is 70.4 Å². The lowest BCUT2D eigenvalue weighted by molar-refractivity contribution is 0.0696. The van der Waals surface area contributed by atoms with Gasteiger partial charge >= 0.3 is 5.97 Å². The number of carboxylic acid groups (broad SMARTS) is 1. The molecule has 6 rings (SSSR count). The summed E-state index contributed by atoms with van der Waals surface area (Å²) in [6.07, 6.45) is 4.95. The van der Waals surface area contributed by atoms with Crippen LogP contribution in [0.4, 0.5) is 5.69 Å². The van der Waals surface area contributed by atoms with Crippen molar-refractivity contribution in [3.63, 3.8) is 0 Å². The Morgan fingerprint density at radius 1 is 1.04 bits per heavy atom. The lowest BCUT2D eigenvalue weighted by Gasteiger charge is -2.39. The molecule has 1 amide bonds. The number of ether oxygens (including phenoxy) is 1. The van der Waals surface area contributed by atoms with Gasteiger partial charge in [0.05, 0.1) is 16.5 Å². The van der Waals surface area contributed by atoms with Crippen LogP contribution in [0.3, 0.4) is 0 Å². The van der Waals surface area contributed by atoms with Gasteiger partial charge in [-0.15, -0.1) is 0 Å². The molecule has 234 valence electrons. The molecule has 3 aliphatic heterocycles. The van der Waals surface area contributed by atoms with Crippen LogP contribution in [0.5, 0.6) is 11.5 Å². The van der Waals surface area contributed by atoms with Gasteiger partial charge in [-0.2, -0.15) is 0 Å². The number of nitrogens with two attached hydrogens (primary N) is 1. The lowest BCUT2D eigenvalue weighted by atomic mass is 9.77. The average Bonchev–Trinajstić information content (AvgIpc) is 2.98. The minimum absolute atomic E-state index is 0.0881. The van der Waals surface area contributed by atoms with Gasteiger partial charge in [0.15, 0.2) is 0 Å². The van der Waals surface area contributed by atoms with Crippen molar-refractivity contribution in [1.82, 2.24) is 5.32 Å². The van der Waals surface area contributed by atoms with Crippen molar-refractivity contribution in [3.05, 3.63) is 92.5 Å². The molecule has 0 saturated heterocycles. The Labute approximate surface area is 264 Å². The quantitative estimate of drug-likeness (QED) is 0.213. The third-order valence-electron chi connectivity index (χ3n) is 9.04. The molecule has 0 aliphatic carbocycles. The number of benzene rings is 3. The summed E-state index contributed by atoms with van der Waals surface area (Å²) in [4.78, 5) is 30.9. The second kappa shape index (κ2) is 11.2. The van der Waals surface area contributed by atoms with Crippen LogP contribution < -0.4 is 31.7 Å². The van der Waals surface area contributed by atoms with Crippen molar-refractivity contribution < 1.29 is 19.4 Å². The Balaban J connectivity index is 1.71. The van der Waals surface area contributed by atoms with Gasteiger partial charge in [0.1, 0.15) is 11.5 Å². The number of amides is 1. The van der Waals surface area contributed by atoms with Crippen LogP contribution in [0.25, 0.3) is 11.1 Å². The fourth-order valence-corrected chi connectivity index (χ4v) is 7.09. The molecule has 0 saturated carbocycles. The molecule has 0 aromatic heterocycles. The molecule has 1 unspecified atom stereocenters. The highest BCUT2D eigenvalue weighted by molar-refractivity contribution is 6.02. The first-order chi connectivity index (χ1) is 21.3. The number of nitrogens with zero attached hydrogens (tertiary/aromatic N) is 1. The second-order valence-corrected chi connectivity index (χ2v) is 13.5. The normalized spacial score (nSPS) is 18.5. The van der Waals surface area contributed by atoms with E-state index in [1.165, 1.54) is 17.2 Å². The molecule has 3 aromatic rings. The van der Waals surface area contributed by atoms with E-state index in [0.717, 1.165) is 52.2 Å². The van der Waals surface area contributed by atoms with Crippen LogP contribution in [0.1, 0.15) is 110 Å². The van der Waals surface area contributed by atoms with Crippen LogP contribution in [0, 0.1) is 0 Å². The largest absolute Gasteiger partial charge is 0.478 e. The topological polar surface area (TPSA) is 126 Å². The van der Waals surface area contributed by atoms with E-state index in [1.54, 1.807) is 12.1 Å². The van der Waals surface area contributed by atoms with Gasteiger partial charge in [0, 0.05) is 63.9 Å². The van der Waals surface area contributed by atoms with Gasteiger partial charge in [-0.3, -0.25) is 9.79 Å². The summed E-state index contributed by atoms with van der Waals surface area (Å²) in [5.41, 5.74) is 12.0. The predicted molar refractivity (Wildman–Crippen MR) is 178 cm³/mol. The van der Waals surface area contributed by atoms with E-state index in [9.17, 15) is 14.7 Å².